The predicted molar refractivity (Wildman–Crippen MR) is 99.9 cm³/mol. The summed E-state index contributed by atoms with van der Waals surface area (Å²) < 4.78 is 10.7. The fourth-order valence-corrected chi connectivity index (χ4v) is 1.63. The Morgan fingerprint density at radius 1 is 0.783 bits per heavy atom. The lowest BCUT2D eigenvalue weighted by Gasteiger charge is -2.06. The van der Waals surface area contributed by atoms with Gasteiger partial charge in [-0.05, 0) is 35.0 Å². The van der Waals surface area contributed by atoms with Gasteiger partial charge >= 0.3 is 0 Å². The van der Waals surface area contributed by atoms with Gasteiger partial charge in [-0.2, -0.15) is 0 Å². The molecule has 23 heavy (non-hydrogen) atoms. The Bertz CT molecular complexity index is 592. The standard InChI is InChI=1S/C16H12O2.C3H8.C2H6/c1-3-9-17-15-7-5-13-6-8-16(18-10-4-2)12-14(13)11-15;1-3-2;1-2/h1-2,5-8,11-12H,9-10H2;3H2,1-2H3;1-2H3. The van der Waals surface area contributed by atoms with Crippen molar-refractivity contribution in [3.8, 4) is 36.2 Å². The van der Waals surface area contributed by atoms with Crippen LogP contribution < -0.4 is 9.47 Å². The summed E-state index contributed by atoms with van der Waals surface area (Å²) in [4.78, 5) is 0. The smallest absolute Gasteiger partial charge is 0.148 e. The minimum atomic E-state index is 0.263. The molecule has 0 radical (unpaired) electrons. The first-order valence-corrected chi connectivity index (χ1v) is 7.91. The Hall–Kier alpha value is -2.58. The average Bonchev–Trinajstić information content (AvgIpc) is 2.60. The zero-order valence-electron chi connectivity index (χ0n) is 14.6. The van der Waals surface area contributed by atoms with E-state index in [4.69, 9.17) is 22.3 Å². The summed E-state index contributed by atoms with van der Waals surface area (Å²) in [6, 6.07) is 11.6. The number of fused-ring (bicyclic) bond motifs is 1. The lowest BCUT2D eigenvalue weighted by Crippen LogP contribution is -1.94. The van der Waals surface area contributed by atoms with Crippen molar-refractivity contribution in [2.24, 2.45) is 0 Å². The van der Waals surface area contributed by atoms with Gasteiger partial charge in [0.25, 0.3) is 0 Å². The van der Waals surface area contributed by atoms with Gasteiger partial charge in [0, 0.05) is 0 Å². The zero-order chi connectivity index (χ0) is 17.5. The molecule has 0 amide bonds. The first-order valence-electron chi connectivity index (χ1n) is 7.91. The van der Waals surface area contributed by atoms with Gasteiger partial charge < -0.3 is 9.47 Å². The quantitative estimate of drug-likeness (QED) is 0.713. The van der Waals surface area contributed by atoms with E-state index in [-0.39, 0.29) is 13.2 Å². The molecule has 0 N–H and O–H groups in total. The first-order chi connectivity index (χ1) is 11.2. The number of rotatable bonds is 4. The first kappa shape index (κ1) is 20.4. The van der Waals surface area contributed by atoms with E-state index in [1.165, 1.54) is 6.42 Å². The van der Waals surface area contributed by atoms with Crippen molar-refractivity contribution in [3.05, 3.63) is 36.4 Å². The van der Waals surface area contributed by atoms with Crippen LogP contribution in [0.2, 0.25) is 0 Å². The van der Waals surface area contributed by atoms with Gasteiger partial charge in [-0.15, -0.1) is 12.8 Å². The van der Waals surface area contributed by atoms with Crippen LogP contribution in [0.3, 0.4) is 0 Å². The Balaban J connectivity index is 0.000000868. The molecular formula is C21H26O2. The van der Waals surface area contributed by atoms with Crippen molar-refractivity contribution in [1.29, 1.82) is 0 Å². The van der Waals surface area contributed by atoms with Gasteiger partial charge in [-0.1, -0.05) is 58.1 Å². The van der Waals surface area contributed by atoms with E-state index in [0.717, 1.165) is 22.3 Å². The molecule has 0 aromatic heterocycles. The maximum absolute atomic E-state index is 5.37. The topological polar surface area (TPSA) is 18.5 Å². The van der Waals surface area contributed by atoms with E-state index in [9.17, 15) is 0 Å². The maximum atomic E-state index is 5.37. The average molecular weight is 310 g/mol. The molecule has 0 spiro atoms. The fraction of sp³-hybridized carbons (Fsp3) is 0.333. The van der Waals surface area contributed by atoms with Crippen molar-refractivity contribution >= 4 is 10.8 Å². The van der Waals surface area contributed by atoms with Crippen molar-refractivity contribution in [2.45, 2.75) is 34.1 Å². The highest BCUT2D eigenvalue weighted by molar-refractivity contribution is 5.85. The lowest BCUT2D eigenvalue weighted by atomic mass is 10.1. The van der Waals surface area contributed by atoms with E-state index in [0.29, 0.717) is 0 Å². The summed E-state index contributed by atoms with van der Waals surface area (Å²) in [5, 5.41) is 2.13. The predicted octanol–water partition coefficient (Wildman–Crippen LogP) is 5.31. The van der Waals surface area contributed by atoms with Gasteiger partial charge in [0.1, 0.15) is 24.7 Å². The molecule has 0 heterocycles. The molecule has 0 aliphatic carbocycles. The van der Waals surface area contributed by atoms with E-state index < -0.39 is 0 Å². The number of terminal acetylenes is 2. The van der Waals surface area contributed by atoms with Crippen molar-refractivity contribution < 1.29 is 9.47 Å². The number of ether oxygens (including phenoxy) is 2. The summed E-state index contributed by atoms with van der Waals surface area (Å²) in [5.74, 6) is 6.36. The highest BCUT2D eigenvalue weighted by Gasteiger charge is 1.99. The number of hydrogen-bond donors (Lipinski definition) is 0. The van der Waals surface area contributed by atoms with Gasteiger partial charge in [-0.25, -0.2) is 0 Å². The molecule has 2 aromatic rings. The molecule has 0 aliphatic heterocycles. The molecule has 0 bridgehead atoms. The summed E-state index contributed by atoms with van der Waals surface area (Å²) in [6.07, 6.45) is 11.6. The Morgan fingerprint density at radius 3 is 1.52 bits per heavy atom. The van der Waals surface area contributed by atoms with Crippen LogP contribution in [0, 0.1) is 24.7 Å². The third-order valence-electron chi connectivity index (χ3n) is 2.43. The molecule has 0 saturated heterocycles. The van der Waals surface area contributed by atoms with Crippen molar-refractivity contribution in [2.75, 3.05) is 13.2 Å². The lowest BCUT2D eigenvalue weighted by molar-refractivity contribution is 0.369. The minimum Gasteiger partial charge on any atom is -0.481 e. The van der Waals surface area contributed by atoms with Crippen LogP contribution >= 0.6 is 0 Å². The summed E-state index contributed by atoms with van der Waals surface area (Å²) in [7, 11) is 0. The SMILES string of the molecule is C#CCOc1ccc2ccc(OCC#C)cc2c1.CC.CCC. The fourth-order valence-electron chi connectivity index (χ4n) is 1.63. The van der Waals surface area contributed by atoms with Crippen molar-refractivity contribution in [1.82, 2.24) is 0 Å². The highest BCUT2D eigenvalue weighted by Crippen LogP contribution is 2.25. The third-order valence-corrected chi connectivity index (χ3v) is 2.43. The molecular weight excluding hydrogens is 284 g/mol. The molecule has 0 unspecified atom stereocenters. The van der Waals surface area contributed by atoms with Crippen LogP contribution in [0.1, 0.15) is 34.1 Å². The molecule has 0 aliphatic rings. The van der Waals surface area contributed by atoms with E-state index in [2.05, 4.69) is 25.7 Å². The third kappa shape index (κ3) is 7.84. The van der Waals surface area contributed by atoms with Crippen molar-refractivity contribution in [3.63, 3.8) is 0 Å². The van der Waals surface area contributed by atoms with Crippen LogP contribution in [-0.2, 0) is 0 Å². The zero-order valence-corrected chi connectivity index (χ0v) is 14.6. The summed E-state index contributed by atoms with van der Waals surface area (Å²) in [5.41, 5.74) is 0. The second-order valence-corrected chi connectivity index (χ2v) is 4.36. The molecule has 122 valence electrons. The summed E-state index contributed by atoms with van der Waals surface area (Å²) >= 11 is 0. The van der Waals surface area contributed by atoms with Gasteiger partial charge in [0.2, 0.25) is 0 Å². The van der Waals surface area contributed by atoms with Crippen LogP contribution in [0.15, 0.2) is 36.4 Å². The second-order valence-electron chi connectivity index (χ2n) is 4.36. The maximum Gasteiger partial charge on any atom is 0.148 e. The number of benzene rings is 2. The molecule has 2 heteroatoms. The van der Waals surface area contributed by atoms with Crippen LogP contribution in [0.4, 0.5) is 0 Å². The molecule has 0 fully saturated rings. The van der Waals surface area contributed by atoms with Gasteiger partial charge in [0.05, 0.1) is 0 Å². The Kier molecular flexibility index (Phi) is 11.6. The Labute approximate surface area is 140 Å². The molecule has 0 saturated carbocycles. The highest BCUT2D eigenvalue weighted by atomic mass is 16.5. The molecule has 2 nitrogen and oxygen atoms in total. The van der Waals surface area contributed by atoms with E-state index in [1.54, 1.807) is 0 Å². The largest absolute Gasteiger partial charge is 0.481 e. The summed E-state index contributed by atoms with van der Waals surface area (Å²) in [6.45, 7) is 8.78. The van der Waals surface area contributed by atoms with Crippen LogP contribution in [-0.4, -0.2) is 13.2 Å². The second kappa shape index (κ2) is 13.1. The molecule has 0 atom stereocenters. The monoisotopic (exact) mass is 310 g/mol. The van der Waals surface area contributed by atoms with E-state index in [1.807, 2.05) is 50.2 Å². The van der Waals surface area contributed by atoms with Crippen LogP contribution in [0.25, 0.3) is 10.8 Å². The van der Waals surface area contributed by atoms with Gasteiger partial charge in [0.15, 0.2) is 0 Å². The minimum absolute atomic E-state index is 0.263. The Morgan fingerprint density at radius 2 is 1.17 bits per heavy atom. The van der Waals surface area contributed by atoms with Crippen LogP contribution in [0.5, 0.6) is 11.5 Å². The van der Waals surface area contributed by atoms with Gasteiger partial charge in [-0.3, -0.25) is 0 Å². The number of hydrogen-bond acceptors (Lipinski definition) is 2. The normalized spacial score (nSPS) is 8.43. The van der Waals surface area contributed by atoms with E-state index >= 15 is 0 Å². The molecule has 2 rings (SSSR count). The molecule has 2 aromatic carbocycles.